The number of rotatable bonds is 4. The number of ether oxygens (including phenoxy) is 1. The Balaban J connectivity index is 1.73. The lowest BCUT2D eigenvalue weighted by atomic mass is 10.2. The van der Waals surface area contributed by atoms with Crippen LogP contribution in [-0.2, 0) is 0 Å². The Morgan fingerprint density at radius 3 is 2.65 bits per heavy atom. The Labute approximate surface area is 108 Å². The SMILES string of the molecule is CC1=C(C)CN(CCOc2ccccc2)SC1. The van der Waals surface area contributed by atoms with Crippen LogP contribution in [0.4, 0.5) is 0 Å². The molecule has 3 heteroatoms. The highest BCUT2D eigenvalue weighted by molar-refractivity contribution is 7.97. The fourth-order valence-corrected chi connectivity index (χ4v) is 2.79. The highest BCUT2D eigenvalue weighted by Crippen LogP contribution is 2.23. The van der Waals surface area contributed by atoms with Crippen LogP contribution in [0.25, 0.3) is 0 Å². The standard InChI is InChI=1S/C14H19NOS/c1-12-10-15(17-11-13(12)2)8-9-16-14-6-4-3-5-7-14/h3-7H,8-11H2,1-2H3. The van der Waals surface area contributed by atoms with Gasteiger partial charge in [-0.15, -0.1) is 0 Å². The first-order valence-corrected chi connectivity index (χ1v) is 6.91. The predicted octanol–water partition coefficient (Wildman–Crippen LogP) is 3.37. The number of para-hydroxylation sites is 1. The van der Waals surface area contributed by atoms with E-state index in [0.29, 0.717) is 0 Å². The van der Waals surface area contributed by atoms with E-state index in [0.717, 1.165) is 31.2 Å². The number of hydrogen-bond donors (Lipinski definition) is 0. The maximum atomic E-state index is 5.70. The van der Waals surface area contributed by atoms with Gasteiger partial charge in [-0.3, -0.25) is 0 Å². The summed E-state index contributed by atoms with van der Waals surface area (Å²) in [5.41, 5.74) is 3.03. The summed E-state index contributed by atoms with van der Waals surface area (Å²) in [4.78, 5) is 0. The molecule has 92 valence electrons. The van der Waals surface area contributed by atoms with Crippen LogP contribution in [0.2, 0.25) is 0 Å². The molecule has 0 amide bonds. The molecule has 0 aromatic heterocycles. The molecule has 0 unspecified atom stereocenters. The van der Waals surface area contributed by atoms with E-state index >= 15 is 0 Å². The van der Waals surface area contributed by atoms with Gasteiger partial charge in [-0.2, -0.15) is 0 Å². The molecule has 1 aliphatic rings. The van der Waals surface area contributed by atoms with Crippen LogP contribution in [0, 0.1) is 0 Å². The van der Waals surface area contributed by atoms with E-state index in [1.807, 2.05) is 42.3 Å². The topological polar surface area (TPSA) is 12.5 Å². The minimum Gasteiger partial charge on any atom is -0.492 e. The summed E-state index contributed by atoms with van der Waals surface area (Å²) in [6, 6.07) is 10.0. The lowest BCUT2D eigenvalue weighted by Crippen LogP contribution is -2.27. The van der Waals surface area contributed by atoms with Crippen molar-refractivity contribution >= 4 is 11.9 Å². The Hall–Kier alpha value is -0.930. The molecule has 1 heterocycles. The van der Waals surface area contributed by atoms with E-state index in [1.165, 1.54) is 11.1 Å². The van der Waals surface area contributed by atoms with Crippen LogP contribution in [-0.4, -0.2) is 29.8 Å². The molecule has 0 aliphatic carbocycles. The molecule has 0 radical (unpaired) electrons. The van der Waals surface area contributed by atoms with Crippen LogP contribution in [0.1, 0.15) is 13.8 Å². The van der Waals surface area contributed by atoms with Crippen LogP contribution < -0.4 is 4.74 Å². The second-order valence-electron chi connectivity index (χ2n) is 4.36. The van der Waals surface area contributed by atoms with Crippen molar-refractivity contribution in [3.63, 3.8) is 0 Å². The molecule has 2 nitrogen and oxygen atoms in total. The van der Waals surface area contributed by atoms with Gasteiger partial charge in [0.25, 0.3) is 0 Å². The van der Waals surface area contributed by atoms with Crippen molar-refractivity contribution < 1.29 is 4.74 Å². The van der Waals surface area contributed by atoms with Crippen LogP contribution in [0.15, 0.2) is 41.5 Å². The van der Waals surface area contributed by atoms with E-state index in [9.17, 15) is 0 Å². The van der Waals surface area contributed by atoms with E-state index in [4.69, 9.17) is 4.74 Å². The molecule has 0 atom stereocenters. The minimum absolute atomic E-state index is 0.753. The molecule has 1 aromatic carbocycles. The highest BCUT2D eigenvalue weighted by atomic mass is 32.2. The van der Waals surface area contributed by atoms with Gasteiger partial charge in [0.1, 0.15) is 12.4 Å². The molecule has 2 rings (SSSR count). The number of nitrogens with zero attached hydrogens (tertiary/aromatic N) is 1. The van der Waals surface area contributed by atoms with Crippen molar-refractivity contribution in [3.05, 3.63) is 41.5 Å². The van der Waals surface area contributed by atoms with E-state index in [1.54, 1.807) is 0 Å². The molecule has 0 N–H and O–H groups in total. The zero-order chi connectivity index (χ0) is 12.1. The smallest absolute Gasteiger partial charge is 0.119 e. The fraction of sp³-hybridized carbons (Fsp3) is 0.429. The number of hydrogen-bond acceptors (Lipinski definition) is 3. The van der Waals surface area contributed by atoms with Crippen LogP contribution >= 0.6 is 11.9 Å². The summed E-state index contributed by atoms with van der Waals surface area (Å²) >= 11 is 1.91. The van der Waals surface area contributed by atoms with Gasteiger partial charge in [0.15, 0.2) is 0 Å². The van der Waals surface area contributed by atoms with Gasteiger partial charge in [-0.05, 0) is 26.0 Å². The van der Waals surface area contributed by atoms with Crippen molar-refractivity contribution in [2.24, 2.45) is 0 Å². The lowest BCUT2D eigenvalue weighted by Gasteiger charge is -2.27. The van der Waals surface area contributed by atoms with Crippen LogP contribution in [0.3, 0.4) is 0 Å². The first-order valence-electron chi connectivity index (χ1n) is 5.96. The van der Waals surface area contributed by atoms with E-state index in [2.05, 4.69) is 18.2 Å². The third kappa shape index (κ3) is 3.79. The molecule has 0 fully saturated rings. The van der Waals surface area contributed by atoms with E-state index < -0.39 is 0 Å². The van der Waals surface area contributed by atoms with Gasteiger partial charge in [0.2, 0.25) is 0 Å². The summed E-state index contributed by atoms with van der Waals surface area (Å²) in [7, 11) is 0. The molecule has 0 bridgehead atoms. The predicted molar refractivity (Wildman–Crippen MR) is 74.3 cm³/mol. The van der Waals surface area contributed by atoms with Gasteiger partial charge >= 0.3 is 0 Å². The quantitative estimate of drug-likeness (QED) is 0.599. The van der Waals surface area contributed by atoms with Crippen molar-refractivity contribution in [3.8, 4) is 5.75 Å². The molecular weight excluding hydrogens is 230 g/mol. The van der Waals surface area contributed by atoms with Crippen molar-refractivity contribution in [1.29, 1.82) is 0 Å². The molecule has 17 heavy (non-hydrogen) atoms. The second-order valence-corrected chi connectivity index (χ2v) is 5.42. The first-order chi connectivity index (χ1) is 8.25. The molecule has 0 spiro atoms. The normalized spacial score (nSPS) is 17.3. The molecular formula is C14H19NOS. The average molecular weight is 249 g/mol. The lowest BCUT2D eigenvalue weighted by molar-refractivity contribution is 0.286. The maximum absolute atomic E-state index is 5.70. The summed E-state index contributed by atoms with van der Waals surface area (Å²) in [5.74, 6) is 2.08. The fourth-order valence-electron chi connectivity index (χ4n) is 1.68. The minimum atomic E-state index is 0.753. The first kappa shape index (κ1) is 12.5. The molecule has 1 aromatic rings. The van der Waals surface area contributed by atoms with Gasteiger partial charge in [0, 0.05) is 18.8 Å². The summed E-state index contributed by atoms with van der Waals surface area (Å²) < 4.78 is 8.08. The Morgan fingerprint density at radius 1 is 1.18 bits per heavy atom. The third-order valence-electron chi connectivity index (χ3n) is 2.96. The van der Waals surface area contributed by atoms with Gasteiger partial charge < -0.3 is 4.74 Å². The maximum Gasteiger partial charge on any atom is 0.119 e. The van der Waals surface area contributed by atoms with Gasteiger partial charge in [-0.1, -0.05) is 41.3 Å². The summed E-state index contributed by atoms with van der Waals surface area (Å²) in [6.45, 7) is 7.24. The Morgan fingerprint density at radius 2 is 1.94 bits per heavy atom. The van der Waals surface area contributed by atoms with E-state index in [-0.39, 0.29) is 0 Å². The van der Waals surface area contributed by atoms with Gasteiger partial charge in [0.05, 0.1) is 0 Å². The third-order valence-corrected chi connectivity index (χ3v) is 4.20. The summed E-state index contributed by atoms with van der Waals surface area (Å²) in [6.07, 6.45) is 0. The monoisotopic (exact) mass is 249 g/mol. The molecule has 0 saturated carbocycles. The Kier molecular flexibility index (Phi) is 4.51. The largest absolute Gasteiger partial charge is 0.492 e. The second kappa shape index (κ2) is 6.12. The van der Waals surface area contributed by atoms with Crippen LogP contribution in [0.5, 0.6) is 5.75 Å². The number of benzene rings is 1. The Bertz CT molecular complexity index is 388. The highest BCUT2D eigenvalue weighted by Gasteiger charge is 2.13. The van der Waals surface area contributed by atoms with Crippen molar-refractivity contribution in [2.45, 2.75) is 13.8 Å². The zero-order valence-electron chi connectivity index (χ0n) is 10.5. The zero-order valence-corrected chi connectivity index (χ0v) is 11.3. The summed E-state index contributed by atoms with van der Waals surface area (Å²) in [5, 5.41) is 0. The molecule has 1 aliphatic heterocycles. The van der Waals surface area contributed by atoms with Crippen molar-refractivity contribution in [2.75, 3.05) is 25.4 Å². The van der Waals surface area contributed by atoms with Gasteiger partial charge in [-0.25, -0.2) is 4.31 Å². The average Bonchev–Trinajstić information content (AvgIpc) is 2.35. The molecule has 0 saturated heterocycles. The van der Waals surface area contributed by atoms with Crippen molar-refractivity contribution in [1.82, 2.24) is 4.31 Å².